The Balaban J connectivity index is 2.45. The second kappa shape index (κ2) is 4.81. The smallest absolute Gasteiger partial charge is 0.271 e. The van der Waals surface area contributed by atoms with Crippen LogP contribution in [-0.4, -0.2) is 43.0 Å². The average molecular weight is 276 g/mol. The predicted molar refractivity (Wildman–Crippen MR) is 76.9 cm³/mol. The van der Waals surface area contributed by atoms with E-state index in [-0.39, 0.29) is 18.4 Å². The number of hydrogen-bond donors (Lipinski definition) is 0. The van der Waals surface area contributed by atoms with E-state index in [1.165, 1.54) is 9.80 Å². The van der Waals surface area contributed by atoms with Gasteiger partial charge in [-0.25, -0.2) is 0 Å². The molecule has 0 radical (unpaired) electrons. The number of fused-ring (bicyclic) bond motifs is 1. The lowest BCUT2D eigenvalue weighted by molar-refractivity contribution is -0.135. The van der Waals surface area contributed by atoms with Crippen molar-refractivity contribution in [3.05, 3.63) is 23.8 Å². The predicted octanol–water partition coefficient (Wildman–Crippen LogP) is 1.59. The van der Waals surface area contributed by atoms with Crippen molar-refractivity contribution in [1.29, 1.82) is 0 Å². The zero-order chi connectivity index (χ0) is 15.1. The molecule has 1 aliphatic heterocycles. The maximum Gasteiger partial charge on any atom is 0.271 e. The number of carbonyl (C=O) groups excluding carboxylic acids is 2. The van der Waals surface area contributed by atoms with E-state index in [1.807, 2.05) is 25.1 Å². The summed E-state index contributed by atoms with van der Waals surface area (Å²) in [6.45, 7) is 5.39. The minimum absolute atomic E-state index is 0.0229. The molecule has 0 atom stereocenters. The van der Waals surface area contributed by atoms with Crippen LogP contribution in [0.3, 0.4) is 0 Å². The van der Waals surface area contributed by atoms with E-state index in [1.54, 1.807) is 27.9 Å². The van der Waals surface area contributed by atoms with Crippen LogP contribution in [0.15, 0.2) is 18.2 Å². The molecular weight excluding hydrogens is 256 g/mol. The number of rotatable bonds is 2. The van der Waals surface area contributed by atoms with Gasteiger partial charge in [0.15, 0.2) is 5.60 Å². The molecule has 1 aromatic rings. The fourth-order valence-corrected chi connectivity index (χ4v) is 2.11. The number of anilines is 1. The fraction of sp³-hybridized carbons (Fsp3) is 0.467. The van der Waals surface area contributed by atoms with Gasteiger partial charge in [-0.05, 0) is 38.5 Å². The first-order valence-electron chi connectivity index (χ1n) is 6.54. The molecule has 0 saturated heterocycles. The molecule has 5 heteroatoms. The summed E-state index contributed by atoms with van der Waals surface area (Å²) in [5, 5.41) is 0. The quantitative estimate of drug-likeness (QED) is 0.824. The van der Waals surface area contributed by atoms with Crippen LogP contribution in [-0.2, 0) is 9.59 Å². The van der Waals surface area contributed by atoms with Crippen LogP contribution in [0.25, 0.3) is 0 Å². The Morgan fingerprint density at radius 1 is 1.35 bits per heavy atom. The molecular formula is C15H20N2O3. The van der Waals surface area contributed by atoms with Gasteiger partial charge in [0.2, 0.25) is 5.91 Å². The first kappa shape index (κ1) is 14.4. The van der Waals surface area contributed by atoms with Gasteiger partial charge in [-0.2, -0.15) is 0 Å². The molecule has 2 amide bonds. The fourth-order valence-electron chi connectivity index (χ4n) is 2.11. The highest BCUT2D eigenvalue weighted by Gasteiger charge is 2.41. The summed E-state index contributed by atoms with van der Waals surface area (Å²) >= 11 is 0. The molecule has 1 aliphatic rings. The zero-order valence-electron chi connectivity index (χ0n) is 12.6. The third-order valence-corrected chi connectivity index (χ3v) is 3.32. The third kappa shape index (κ3) is 2.48. The van der Waals surface area contributed by atoms with Gasteiger partial charge in [-0.1, -0.05) is 6.07 Å². The van der Waals surface area contributed by atoms with Crippen LogP contribution in [0.5, 0.6) is 5.75 Å². The molecule has 1 aromatic carbocycles. The lowest BCUT2D eigenvalue weighted by Gasteiger charge is -2.38. The third-order valence-electron chi connectivity index (χ3n) is 3.32. The highest BCUT2D eigenvalue weighted by Crippen LogP contribution is 2.38. The first-order valence-corrected chi connectivity index (χ1v) is 6.54. The van der Waals surface area contributed by atoms with Gasteiger partial charge in [0.05, 0.1) is 5.69 Å². The summed E-state index contributed by atoms with van der Waals surface area (Å²) in [7, 11) is 3.35. The highest BCUT2D eigenvalue weighted by atomic mass is 16.5. The summed E-state index contributed by atoms with van der Waals surface area (Å²) in [5.74, 6) is 0.307. The van der Waals surface area contributed by atoms with Crippen LogP contribution in [0, 0.1) is 6.92 Å². The van der Waals surface area contributed by atoms with E-state index in [9.17, 15) is 9.59 Å². The van der Waals surface area contributed by atoms with E-state index in [4.69, 9.17) is 4.74 Å². The molecule has 0 spiro atoms. The number of aryl methyl sites for hydroxylation is 1. The van der Waals surface area contributed by atoms with Gasteiger partial charge in [-0.3, -0.25) is 14.5 Å². The second-order valence-electron chi connectivity index (χ2n) is 5.76. The molecule has 0 N–H and O–H groups in total. The van der Waals surface area contributed by atoms with E-state index >= 15 is 0 Å². The van der Waals surface area contributed by atoms with Crippen LogP contribution in [0.2, 0.25) is 0 Å². The SMILES string of the molecule is Cc1ccc2c(c1)N(CC(=O)N(C)C)C(=O)C(C)(C)O2. The van der Waals surface area contributed by atoms with Crippen molar-refractivity contribution in [3.63, 3.8) is 0 Å². The van der Waals surface area contributed by atoms with Crippen molar-refractivity contribution in [1.82, 2.24) is 4.90 Å². The van der Waals surface area contributed by atoms with E-state index < -0.39 is 5.60 Å². The van der Waals surface area contributed by atoms with Crippen LogP contribution in [0.1, 0.15) is 19.4 Å². The molecule has 5 nitrogen and oxygen atoms in total. The minimum atomic E-state index is -0.963. The first-order chi connectivity index (χ1) is 9.22. The standard InChI is InChI=1S/C15H20N2O3/c1-10-6-7-12-11(8-10)17(9-13(18)16(4)5)14(19)15(2,3)20-12/h6-8H,9H2,1-5H3. The molecule has 20 heavy (non-hydrogen) atoms. The Bertz CT molecular complexity index is 564. The van der Waals surface area contributed by atoms with Gasteiger partial charge in [0.1, 0.15) is 12.3 Å². The number of benzene rings is 1. The van der Waals surface area contributed by atoms with Crippen molar-refractivity contribution in [2.24, 2.45) is 0 Å². The molecule has 0 bridgehead atoms. The summed E-state index contributed by atoms with van der Waals surface area (Å²) in [6, 6.07) is 5.63. The van der Waals surface area contributed by atoms with Gasteiger partial charge in [0, 0.05) is 14.1 Å². The van der Waals surface area contributed by atoms with Gasteiger partial charge >= 0.3 is 0 Å². The Morgan fingerprint density at radius 2 is 2.00 bits per heavy atom. The second-order valence-corrected chi connectivity index (χ2v) is 5.76. The topological polar surface area (TPSA) is 49.9 Å². The molecule has 0 saturated carbocycles. The lowest BCUT2D eigenvalue weighted by atomic mass is 10.0. The number of hydrogen-bond acceptors (Lipinski definition) is 3. The normalized spacial score (nSPS) is 16.4. The lowest BCUT2D eigenvalue weighted by Crippen LogP contribution is -2.54. The summed E-state index contributed by atoms with van der Waals surface area (Å²) in [4.78, 5) is 27.4. The van der Waals surface area contributed by atoms with Crippen molar-refractivity contribution in [3.8, 4) is 5.75 Å². The van der Waals surface area contributed by atoms with Crippen molar-refractivity contribution < 1.29 is 14.3 Å². The molecule has 0 aliphatic carbocycles. The van der Waals surface area contributed by atoms with E-state index in [2.05, 4.69) is 0 Å². The van der Waals surface area contributed by atoms with Gasteiger partial charge in [-0.15, -0.1) is 0 Å². The molecule has 0 unspecified atom stereocenters. The van der Waals surface area contributed by atoms with E-state index in [0.29, 0.717) is 11.4 Å². The molecule has 0 aromatic heterocycles. The number of ether oxygens (including phenoxy) is 1. The molecule has 0 fully saturated rings. The zero-order valence-corrected chi connectivity index (χ0v) is 12.6. The van der Waals surface area contributed by atoms with Crippen molar-refractivity contribution >= 4 is 17.5 Å². The largest absolute Gasteiger partial charge is 0.476 e. The molecule has 1 heterocycles. The molecule has 108 valence electrons. The minimum Gasteiger partial charge on any atom is -0.476 e. The highest BCUT2D eigenvalue weighted by molar-refractivity contribution is 6.05. The number of likely N-dealkylation sites (N-methyl/N-ethyl adjacent to an activating group) is 1. The van der Waals surface area contributed by atoms with Crippen molar-refractivity contribution in [2.45, 2.75) is 26.4 Å². The van der Waals surface area contributed by atoms with Gasteiger partial charge < -0.3 is 9.64 Å². The summed E-state index contributed by atoms with van der Waals surface area (Å²) in [5.41, 5.74) is 0.709. The number of nitrogens with zero attached hydrogens (tertiary/aromatic N) is 2. The van der Waals surface area contributed by atoms with Gasteiger partial charge in [0.25, 0.3) is 5.91 Å². The maximum absolute atomic E-state index is 12.5. The van der Waals surface area contributed by atoms with Crippen LogP contribution < -0.4 is 9.64 Å². The Labute approximate surface area is 119 Å². The Hall–Kier alpha value is -2.04. The summed E-state index contributed by atoms with van der Waals surface area (Å²) < 4.78 is 5.74. The van der Waals surface area contributed by atoms with Crippen LogP contribution >= 0.6 is 0 Å². The maximum atomic E-state index is 12.5. The average Bonchev–Trinajstić information content (AvgIpc) is 2.35. The van der Waals surface area contributed by atoms with Crippen molar-refractivity contribution in [2.75, 3.05) is 25.5 Å². The Kier molecular flexibility index (Phi) is 3.46. The monoisotopic (exact) mass is 276 g/mol. The van der Waals surface area contributed by atoms with E-state index in [0.717, 1.165) is 5.56 Å². The summed E-state index contributed by atoms with van der Waals surface area (Å²) in [6.07, 6.45) is 0. The Morgan fingerprint density at radius 3 is 2.60 bits per heavy atom. The van der Waals surface area contributed by atoms with Crippen LogP contribution in [0.4, 0.5) is 5.69 Å². The number of amides is 2. The molecule has 2 rings (SSSR count). The number of carbonyl (C=O) groups is 2.